The third-order valence-electron chi connectivity index (χ3n) is 1.75. The van der Waals surface area contributed by atoms with Crippen molar-refractivity contribution in [3.05, 3.63) is 18.7 Å². The van der Waals surface area contributed by atoms with E-state index in [-0.39, 0.29) is 0 Å². The van der Waals surface area contributed by atoms with Crippen molar-refractivity contribution in [3.63, 3.8) is 0 Å². The summed E-state index contributed by atoms with van der Waals surface area (Å²) < 4.78 is 53.3. The van der Waals surface area contributed by atoms with Crippen molar-refractivity contribution in [1.82, 2.24) is 4.57 Å². The van der Waals surface area contributed by atoms with Crippen LogP contribution in [-0.2, 0) is 23.1 Å². The van der Waals surface area contributed by atoms with Gasteiger partial charge in [0, 0.05) is 7.11 Å². The van der Waals surface area contributed by atoms with Gasteiger partial charge in [0.05, 0.1) is 26.9 Å². The van der Waals surface area contributed by atoms with Gasteiger partial charge in [0.15, 0.2) is 0 Å². The summed E-state index contributed by atoms with van der Waals surface area (Å²) in [6.07, 6.45) is 6.06. The second kappa shape index (κ2) is 8.93. The summed E-state index contributed by atoms with van der Waals surface area (Å²) >= 11 is 0. The molecule has 0 amide bonds. The lowest BCUT2D eigenvalue weighted by atomic mass is 10.3. The Morgan fingerprint density at radius 2 is 1.78 bits per heavy atom. The van der Waals surface area contributed by atoms with Crippen LogP contribution in [0.5, 0.6) is 0 Å². The summed E-state index contributed by atoms with van der Waals surface area (Å²) in [7, 11) is -2.32. The van der Waals surface area contributed by atoms with Crippen molar-refractivity contribution < 1.29 is 31.3 Å². The Morgan fingerprint density at radius 3 is 2.22 bits per heavy atom. The summed E-state index contributed by atoms with van der Waals surface area (Å²) in [5.41, 5.74) is 0. The van der Waals surface area contributed by atoms with Gasteiger partial charge in [-0.15, -0.1) is 0 Å². The molecule has 0 aromatic carbocycles. The summed E-state index contributed by atoms with van der Waals surface area (Å²) in [4.78, 5) is 0. The number of methoxy groups -OCH3 is 1. The molecule has 0 N–H and O–H groups in total. The highest BCUT2D eigenvalue weighted by molar-refractivity contribution is 6.50. The van der Waals surface area contributed by atoms with Crippen LogP contribution < -0.4 is 4.57 Å². The Hall–Kier alpha value is -1.09. The zero-order chi connectivity index (χ0) is 14.0. The fourth-order valence-corrected chi connectivity index (χ4v) is 1.05. The van der Waals surface area contributed by atoms with Gasteiger partial charge >= 0.3 is 7.25 Å². The van der Waals surface area contributed by atoms with Crippen molar-refractivity contribution in [3.8, 4) is 0 Å². The number of nitrogens with zero attached hydrogens (tertiary/aromatic N) is 2. The standard InChI is InChI=1S/C9H17N2O2.BF4/c1-10-3-4-11(9-10)5-6-13-8-7-12-2;2-1(3,4)5/h3-4,9H,5-8H2,1-2H3;/q+1;-1. The van der Waals surface area contributed by atoms with Crippen LogP contribution in [0, 0.1) is 0 Å². The van der Waals surface area contributed by atoms with Gasteiger partial charge in [-0.05, 0) is 0 Å². The quantitative estimate of drug-likeness (QED) is 0.337. The molecule has 1 rings (SSSR count). The van der Waals surface area contributed by atoms with Gasteiger partial charge in [-0.2, -0.15) is 0 Å². The highest BCUT2D eigenvalue weighted by Gasteiger charge is 2.20. The second-order valence-electron chi connectivity index (χ2n) is 3.42. The predicted octanol–water partition coefficient (Wildman–Crippen LogP) is 1.28. The van der Waals surface area contributed by atoms with E-state index >= 15 is 0 Å². The van der Waals surface area contributed by atoms with E-state index in [9.17, 15) is 17.3 Å². The van der Waals surface area contributed by atoms with Crippen LogP contribution >= 0.6 is 0 Å². The molecule has 1 heterocycles. The Morgan fingerprint density at radius 1 is 1.17 bits per heavy atom. The molecule has 0 aliphatic heterocycles. The molecule has 1 aromatic heterocycles. The topological polar surface area (TPSA) is 27.3 Å². The Bertz CT molecular complexity index is 314. The van der Waals surface area contributed by atoms with Crippen LogP contribution in [0.25, 0.3) is 0 Å². The zero-order valence-electron chi connectivity index (χ0n) is 10.4. The molecule has 0 aliphatic carbocycles. The minimum atomic E-state index is -6.00. The van der Waals surface area contributed by atoms with E-state index in [1.54, 1.807) is 7.11 Å². The molecule has 0 saturated heterocycles. The number of rotatable bonds is 6. The predicted molar refractivity (Wildman–Crippen MR) is 58.5 cm³/mol. The molecule has 0 unspecified atom stereocenters. The van der Waals surface area contributed by atoms with Crippen LogP contribution in [0.15, 0.2) is 18.7 Å². The van der Waals surface area contributed by atoms with Crippen molar-refractivity contribution >= 4 is 7.25 Å². The van der Waals surface area contributed by atoms with Gasteiger partial charge in [-0.3, -0.25) is 0 Å². The number of hydrogen-bond donors (Lipinski definition) is 0. The Labute approximate surface area is 103 Å². The molecule has 0 saturated carbocycles. The van der Waals surface area contributed by atoms with E-state index in [4.69, 9.17) is 9.47 Å². The fourth-order valence-electron chi connectivity index (χ4n) is 1.05. The number of aromatic nitrogens is 2. The van der Waals surface area contributed by atoms with Crippen LogP contribution in [0.3, 0.4) is 0 Å². The van der Waals surface area contributed by atoms with Crippen LogP contribution in [-0.4, -0.2) is 38.8 Å². The first kappa shape index (κ1) is 16.9. The first-order valence-electron chi connectivity index (χ1n) is 5.28. The normalized spacial score (nSPS) is 11.0. The lowest BCUT2D eigenvalue weighted by Gasteiger charge is -2.00. The van der Waals surface area contributed by atoms with Crippen molar-refractivity contribution in [1.29, 1.82) is 0 Å². The largest absolute Gasteiger partial charge is 0.673 e. The molecule has 0 radical (unpaired) electrons. The van der Waals surface area contributed by atoms with E-state index < -0.39 is 7.25 Å². The van der Waals surface area contributed by atoms with Crippen molar-refractivity contribution in [2.45, 2.75) is 6.54 Å². The molecule has 0 fully saturated rings. The summed E-state index contributed by atoms with van der Waals surface area (Å²) in [6.45, 7) is 2.96. The number of halogens is 4. The average Bonchev–Trinajstić information content (AvgIpc) is 2.61. The van der Waals surface area contributed by atoms with E-state index in [1.165, 1.54) is 0 Å². The summed E-state index contributed by atoms with van der Waals surface area (Å²) in [5, 5.41) is 0. The third kappa shape index (κ3) is 13.0. The van der Waals surface area contributed by atoms with Gasteiger partial charge < -0.3 is 26.7 Å². The Balaban J connectivity index is 0.000000494. The number of imidazole rings is 1. The van der Waals surface area contributed by atoms with Gasteiger partial charge in [0.2, 0.25) is 6.33 Å². The van der Waals surface area contributed by atoms with Gasteiger partial charge in [0.1, 0.15) is 18.9 Å². The van der Waals surface area contributed by atoms with E-state index in [0.717, 1.165) is 13.2 Å². The molecular weight excluding hydrogens is 255 g/mol. The minimum Gasteiger partial charge on any atom is -0.418 e. The molecular formula is C9H17BF4N2O2. The molecule has 9 heteroatoms. The van der Waals surface area contributed by atoms with Crippen LogP contribution in [0.4, 0.5) is 17.3 Å². The van der Waals surface area contributed by atoms with E-state index in [2.05, 4.69) is 4.57 Å². The summed E-state index contributed by atoms with van der Waals surface area (Å²) in [6, 6.07) is 0. The summed E-state index contributed by atoms with van der Waals surface area (Å²) in [5.74, 6) is 0. The lowest BCUT2D eigenvalue weighted by Crippen LogP contribution is -2.24. The SMILES string of the molecule is COCCOCCn1cc[n+](C)c1.F[B-](F)(F)F. The molecule has 1 aromatic rings. The maximum Gasteiger partial charge on any atom is 0.673 e. The molecule has 4 nitrogen and oxygen atoms in total. The van der Waals surface area contributed by atoms with Crippen LogP contribution in [0.2, 0.25) is 0 Å². The monoisotopic (exact) mass is 272 g/mol. The Kier molecular flexibility index (Phi) is 8.39. The highest BCUT2D eigenvalue weighted by atomic mass is 19.5. The maximum absolute atomic E-state index is 9.75. The van der Waals surface area contributed by atoms with Crippen molar-refractivity contribution in [2.24, 2.45) is 7.05 Å². The fraction of sp³-hybridized carbons (Fsp3) is 0.667. The second-order valence-corrected chi connectivity index (χ2v) is 3.42. The third-order valence-corrected chi connectivity index (χ3v) is 1.75. The number of aryl methyl sites for hydroxylation is 1. The number of hydrogen-bond acceptors (Lipinski definition) is 2. The van der Waals surface area contributed by atoms with Crippen LogP contribution in [0.1, 0.15) is 0 Å². The highest BCUT2D eigenvalue weighted by Crippen LogP contribution is 2.06. The van der Waals surface area contributed by atoms with Gasteiger partial charge in [-0.1, -0.05) is 0 Å². The molecule has 106 valence electrons. The van der Waals surface area contributed by atoms with Gasteiger partial charge in [-0.25, -0.2) is 9.13 Å². The molecule has 0 bridgehead atoms. The minimum absolute atomic E-state index is 0.666. The van der Waals surface area contributed by atoms with Crippen molar-refractivity contribution in [2.75, 3.05) is 26.9 Å². The first-order valence-corrected chi connectivity index (χ1v) is 5.28. The first-order chi connectivity index (χ1) is 8.33. The molecule has 18 heavy (non-hydrogen) atoms. The van der Waals surface area contributed by atoms with E-state index in [1.807, 2.05) is 30.3 Å². The van der Waals surface area contributed by atoms with Gasteiger partial charge in [0.25, 0.3) is 0 Å². The average molecular weight is 272 g/mol. The molecule has 0 aliphatic rings. The lowest BCUT2D eigenvalue weighted by molar-refractivity contribution is -0.671. The number of ether oxygens (including phenoxy) is 2. The smallest absolute Gasteiger partial charge is 0.418 e. The molecule has 0 atom stereocenters. The maximum atomic E-state index is 9.75. The zero-order valence-corrected chi connectivity index (χ0v) is 10.4. The van der Waals surface area contributed by atoms with E-state index in [0.29, 0.717) is 13.2 Å². The molecule has 0 spiro atoms.